The fraction of sp³-hybridized carbons (Fsp3) is 0.467. The molecule has 21 heavy (non-hydrogen) atoms. The largest absolute Gasteiger partial charge is 0.347 e. The Kier molecular flexibility index (Phi) is 4.40. The van der Waals surface area contributed by atoms with Gasteiger partial charge in [-0.25, -0.2) is 0 Å². The number of hydrogen-bond acceptors (Lipinski definition) is 3. The van der Waals surface area contributed by atoms with Crippen LogP contribution in [0.25, 0.3) is 0 Å². The maximum atomic E-state index is 12.2. The molecule has 0 aromatic heterocycles. The zero-order chi connectivity index (χ0) is 14.8. The average Bonchev–Trinajstić information content (AvgIpc) is 3.23. The number of carbonyl (C=O) groups excluding carboxylic acids is 2. The summed E-state index contributed by atoms with van der Waals surface area (Å²) < 4.78 is 0. The van der Waals surface area contributed by atoms with Gasteiger partial charge in [0.15, 0.2) is 0 Å². The Morgan fingerprint density at radius 2 is 2.10 bits per heavy atom. The van der Waals surface area contributed by atoms with Gasteiger partial charge in [0.1, 0.15) is 6.54 Å². The van der Waals surface area contributed by atoms with Gasteiger partial charge in [-0.05, 0) is 36.5 Å². The summed E-state index contributed by atoms with van der Waals surface area (Å²) in [6.45, 7) is 0.155. The molecule has 1 atom stereocenters. The van der Waals surface area contributed by atoms with Crippen LogP contribution in [0.5, 0.6) is 0 Å². The van der Waals surface area contributed by atoms with E-state index in [1.165, 1.54) is 0 Å². The highest BCUT2D eigenvalue weighted by molar-refractivity contribution is 8.00. The predicted molar refractivity (Wildman–Crippen MR) is 84.1 cm³/mol. The molecule has 1 saturated heterocycles. The molecule has 0 unspecified atom stereocenters. The molecule has 1 saturated carbocycles. The number of benzene rings is 1. The molecule has 112 valence electrons. The third-order valence-corrected chi connectivity index (χ3v) is 5.00. The lowest BCUT2D eigenvalue weighted by atomic mass is 10.0. The number of amides is 2. The Morgan fingerprint density at radius 3 is 2.67 bits per heavy atom. The highest BCUT2D eigenvalue weighted by atomic mass is 35.5. The number of nitrogens with zero attached hydrogens (tertiary/aromatic N) is 1. The van der Waals surface area contributed by atoms with Crippen LogP contribution < -0.4 is 5.32 Å². The monoisotopic (exact) mass is 324 g/mol. The molecule has 1 aromatic rings. The molecule has 1 N–H and O–H groups in total. The lowest BCUT2D eigenvalue weighted by Crippen LogP contribution is -2.40. The Balaban J connectivity index is 1.63. The quantitative estimate of drug-likeness (QED) is 0.905. The van der Waals surface area contributed by atoms with E-state index in [4.69, 9.17) is 11.6 Å². The van der Waals surface area contributed by atoms with E-state index in [0.717, 1.165) is 18.4 Å². The molecule has 1 aliphatic heterocycles. The van der Waals surface area contributed by atoms with Gasteiger partial charge in [-0.3, -0.25) is 9.59 Å². The highest BCUT2D eigenvalue weighted by Crippen LogP contribution is 2.41. The first-order valence-corrected chi connectivity index (χ1v) is 8.57. The van der Waals surface area contributed by atoms with Gasteiger partial charge in [0, 0.05) is 5.02 Å². The molecular formula is C15H17ClN2O2S. The van der Waals surface area contributed by atoms with E-state index in [-0.39, 0.29) is 24.4 Å². The maximum absolute atomic E-state index is 12.2. The molecule has 4 nitrogen and oxygen atoms in total. The van der Waals surface area contributed by atoms with Gasteiger partial charge < -0.3 is 10.2 Å². The van der Waals surface area contributed by atoms with Crippen molar-refractivity contribution < 1.29 is 9.59 Å². The van der Waals surface area contributed by atoms with E-state index in [9.17, 15) is 9.59 Å². The summed E-state index contributed by atoms with van der Waals surface area (Å²) in [7, 11) is 0. The van der Waals surface area contributed by atoms with Crippen molar-refractivity contribution in [3.05, 3.63) is 34.9 Å². The van der Waals surface area contributed by atoms with E-state index < -0.39 is 0 Å². The Labute approximate surface area is 133 Å². The first-order valence-electron chi connectivity index (χ1n) is 7.04. The minimum atomic E-state index is -0.0855. The van der Waals surface area contributed by atoms with Gasteiger partial charge in [-0.1, -0.05) is 23.7 Å². The lowest BCUT2D eigenvalue weighted by molar-refractivity contribution is -0.132. The molecular weight excluding hydrogens is 308 g/mol. The van der Waals surface area contributed by atoms with Gasteiger partial charge >= 0.3 is 0 Å². The molecule has 2 fully saturated rings. The maximum Gasteiger partial charge on any atom is 0.240 e. The Hall–Kier alpha value is -1.20. The van der Waals surface area contributed by atoms with Gasteiger partial charge in [-0.15, -0.1) is 11.8 Å². The lowest BCUT2D eigenvalue weighted by Gasteiger charge is -2.21. The van der Waals surface area contributed by atoms with Crippen LogP contribution in [-0.4, -0.2) is 34.9 Å². The van der Waals surface area contributed by atoms with Crippen molar-refractivity contribution >= 4 is 35.2 Å². The predicted octanol–water partition coefficient (Wildman–Crippen LogP) is 2.44. The fourth-order valence-electron chi connectivity index (χ4n) is 2.51. The normalized spacial score (nSPS) is 19.7. The van der Waals surface area contributed by atoms with Gasteiger partial charge in [0.2, 0.25) is 11.8 Å². The number of rotatable bonds is 5. The van der Waals surface area contributed by atoms with Crippen LogP contribution in [0.3, 0.4) is 0 Å². The summed E-state index contributed by atoms with van der Waals surface area (Å²) in [6, 6.07) is 7.64. The molecule has 3 rings (SSSR count). The molecule has 6 heteroatoms. The molecule has 1 heterocycles. The van der Waals surface area contributed by atoms with E-state index in [2.05, 4.69) is 5.32 Å². The smallest absolute Gasteiger partial charge is 0.240 e. The van der Waals surface area contributed by atoms with Crippen molar-refractivity contribution in [3.63, 3.8) is 0 Å². The Morgan fingerprint density at radius 1 is 1.38 bits per heavy atom. The number of thioether (sulfide) groups is 1. The third-order valence-electron chi connectivity index (χ3n) is 3.80. The number of halogens is 1. The SMILES string of the molecule is O=C(CN1CSCC1=O)N[C@@H](c1ccc(Cl)cc1)C1CC1. The van der Waals surface area contributed by atoms with Crippen LogP contribution in [0.4, 0.5) is 0 Å². The topological polar surface area (TPSA) is 49.4 Å². The van der Waals surface area contributed by atoms with Crippen molar-refractivity contribution in [2.45, 2.75) is 18.9 Å². The molecule has 2 amide bonds. The van der Waals surface area contributed by atoms with E-state index in [1.54, 1.807) is 16.7 Å². The fourth-order valence-corrected chi connectivity index (χ4v) is 3.54. The molecule has 2 aliphatic rings. The summed E-state index contributed by atoms with van der Waals surface area (Å²) in [5, 5.41) is 3.77. The summed E-state index contributed by atoms with van der Waals surface area (Å²) in [4.78, 5) is 25.3. The van der Waals surface area contributed by atoms with Crippen LogP contribution in [-0.2, 0) is 9.59 Å². The van der Waals surface area contributed by atoms with Crippen molar-refractivity contribution in [1.82, 2.24) is 10.2 Å². The second-order valence-electron chi connectivity index (χ2n) is 5.50. The molecule has 1 aromatic carbocycles. The van der Waals surface area contributed by atoms with E-state index in [0.29, 0.717) is 22.6 Å². The van der Waals surface area contributed by atoms with Crippen LogP contribution in [0.1, 0.15) is 24.4 Å². The van der Waals surface area contributed by atoms with Crippen LogP contribution in [0.2, 0.25) is 5.02 Å². The molecule has 0 bridgehead atoms. The summed E-state index contributed by atoms with van der Waals surface area (Å²) in [6.07, 6.45) is 2.26. The third kappa shape index (κ3) is 3.71. The number of hydrogen-bond donors (Lipinski definition) is 1. The second-order valence-corrected chi connectivity index (χ2v) is 6.89. The van der Waals surface area contributed by atoms with Crippen LogP contribution >= 0.6 is 23.4 Å². The number of nitrogens with one attached hydrogen (secondary N) is 1. The second kappa shape index (κ2) is 6.28. The summed E-state index contributed by atoms with van der Waals surface area (Å²) in [5.41, 5.74) is 1.08. The standard InChI is InChI=1S/C15H17ClN2O2S/c16-12-5-3-11(4-6-12)15(10-1-2-10)17-13(19)7-18-9-21-8-14(18)20/h3-6,10,15H,1-2,7-9H2,(H,17,19)/t15-/m1/s1. The van der Waals surface area contributed by atoms with E-state index in [1.807, 2.05) is 24.3 Å². The molecule has 0 radical (unpaired) electrons. The summed E-state index contributed by atoms with van der Waals surface area (Å²) in [5.74, 6) is 1.55. The van der Waals surface area contributed by atoms with Gasteiger partial charge in [-0.2, -0.15) is 0 Å². The van der Waals surface area contributed by atoms with Crippen molar-refractivity contribution in [1.29, 1.82) is 0 Å². The van der Waals surface area contributed by atoms with Crippen LogP contribution in [0, 0.1) is 5.92 Å². The van der Waals surface area contributed by atoms with E-state index >= 15 is 0 Å². The van der Waals surface area contributed by atoms with Gasteiger partial charge in [0.05, 0.1) is 17.7 Å². The first kappa shape index (κ1) is 14.7. The molecule has 0 spiro atoms. The minimum Gasteiger partial charge on any atom is -0.347 e. The Bertz CT molecular complexity index is 545. The van der Waals surface area contributed by atoms with Gasteiger partial charge in [0.25, 0.3) is 0 Å². The van der Waals surface area contributed by atoms with Crippen molar-refractivity contribution in [3.8, 4) is 0 Å². The van der Waals surface area contributed by atoms with Crippen LogP contribution in [0.15, 0.2) is 24.3 Å². The van der Waals surface area contributed by atoms with Crippen molar-refractivity contribution in [2.24, 2.45) is 5.92 Å². The first-order chi connectivity index (χ1) is 10.1. The molecule has 1 aliphatic carbocycles. The number of carbonyl (C=O) groups is 2. The summed E-state index contributed by atoms with van der Waals surface area (Å²) >= 11 is 7.46. The van der Waals surface area contributed by atoms with Crippen molar-refractivity contribution in [2.75, 3.05) is 18.2 Å². The highest BCUT2D eigenvalue weighted by Gasteiger charge is 2.34. The minimum absolute atomic E-state index is 0.0279. The average molecular weight is 325 g/mol. The zero-order valence-electron chi connectivity index (χ0n) is 11.5. The zero-order valence-corrected chi connectivity index (χ0v) is 13.1.